The molecule has 0 atom stereocenters. The van der Waals surface area contributed by atoms with Crippen LogP contribution in [0.15, 0.2) is 40.8 Å². The summed E-state index contributed by atoms with van der Waals surface area (Å²) in [5.74, 6) is 0.907. The zero-order valence-electron chi connectivity index (χ0n) is 9.99. The zero-order valence-corrected chi connectivity index (χ0v) is 11.6. The Morgan fingerprint density at radius 2 is 2.35 bits per heavy atom. The van der Waals surface area contributed by atoms with Gasteiger partial charge in [-0.1, -0.05) is 29.8 Å². The maximum absolute atomic E-state index is 5.48. The van der Waals surface area contributed by atoms with Crippen molar-refractivity contribution < 1.29 is 4.74 Å². The summed E-state index contributed by atoms with van der Waals surface area (Å²) in [6.07, 6.45) is 1.94. The van der Waals surface area contributed by atoms with Gasteiger partial charge in [-0.15, -0.1) is 11.8 Å². The number of benzene rings is 1. The van der Waals surface area contributed by atoms with Crippen molar-refractivity contribution in [2.45, 2.75) is 11.4 Å². The molecule has 1 aromatic carbocycles. The molecule has 17 heavy (non-hydrogen) atoms. The number of rotatable bonds is 8. The normalized spacial score (nSPS) is 11.2. The molecule has 0 fully saturated rings. The van der Waals surface area contributed by atoms with Gasteiger partial charge in [-0.2, -0.15) is 0 Å². The van der Waals surface area contributed by atoms with E-state index >= 15 is 0 Å². The van der Waals surface area contributed by atoms with E-state index in [2.05, 4.69) is 29.6 Å². The number of ether oxygens (including phenoxy) is 1. The molecule has 0 aliphatic carbocycles. The van der Waals surface area contributed by atoms with Crippen LogP contribution in [0.2, 0.25) is 0 Å². The summed E-state index contributed by atoms with van der Waals surface area (Å²) in [4.78, 5) is 1.27. The minimum Gasteiger partial charge on any atom is -0.383 e. The van der Waals surface area contributed by atoms with Crippen molar-refractivity contribution in [1.29, 1.82) is 0 Å². The number of thioether (sulfide) groups is 1. The van der Waals surface area contributed by atoms with Crippen molar-refractivity contribution in [3.05, 3.63) is 41.4 Å². The summed E-state index contributed by atoms with van der Waals surface area (Å²) >= 11 is 7.26. The van der Waals surface area contributed by atoms with Crippen LogP contribution in [0, 0.1) is 0 Å². The fourth-order valence-corrected chi connectivity index (χ4v) is 2.32. The number of halogens is 1. The number of methoxy groups -OCH3 is 1. The molecule has 0 unspecified atom stereocenters. The predicted molar refractivity (Wildman–Crippen MR) is 75.7 cm³/mol. The molecular weight excluding hydrogens is 254 g/mol. The van der Waals surface area contributed by atoms with Gasteiger partial charge in [0.25, 0.3) is 0 Å². The molecule has 0 radical (unpaired) electrons. The molecule has 1 aromatic rings. The molecule has 0 amide bonds. The first-order valence-corrected chi connectivity index (χ1v) is 6.95. The van der Waals surface area contributed by atoms with E-state index in [-0.39, 0.29) is 0 Å². The average Bonchev–Trinajstić information content (AvgIpc) is 2.36. The summed E-state index contributed by atoms with van der Waals surface area (Å²) in [5.41, 5.74) is 2.85. The maximum Gasteiger partial charge on any atom is 0.0587 e. The van der Waals surface area contributed by atoms with Crippen molar-refractivity contribution in [3.8, 4) is 0 Å². The summed E-state index contributed by atoms with van der Waals surface area (Å²) in [6.45, 7) is 2.50. The Kier molecular flexibility index (Phi) is 8.18. The molecule has 1 rings (SSSR count). The molecule has 0 spiro atoms. The van der Waals surface area contributed by atoms with Gasteiger partial charge in [0.05, 0.1) is 6.61 Å². The molecule has 1 N–H and O–H groups in total. The molecular formula is C13H18ClNOS. The first kappa shape index (κ1) is 14.6. The highest BCUT2D eigenvalue weighted by atomic mass is 35.5. The van der Waals surface area contributed by atoms with E-state index in [1.165, 1.54) is 10.5 Å². The minimum atomic E-state index is 0.745. The van der Waals surface area contributed by atoms with Crippen LogP contribution in [-0.2, 0) is 11.3 Å². The lowest BCUT2D eigenvalue weighted by atomic mass is 10.2. The number of hydrogen-bond acceptors (Lipinski definition) is 3. The Labute approximate surface area is 112 Å². The molecule has 0 aliphatic heterocycles. The summed E-state index contributed by atoms with van der Waals surface area (Å²) < 4.78 is 4.98. The van der Waals surface area contributed by atoms with Crippen molar-refractivity contribution >= 4 is 23.4 Å². The standard InChI is InChI=1S/C13H18ClNOS/c1-16-8-7-15-11-12-4-2-5-13(10-12)17-9-3-6-14/h2-6,10,15H,7-9,11H2,1H3. The van der Waals surface area contributed by atoms with Gasteiger partial charge in [0.1, 0.15) is 0 Å². The molecule has 0 saturated heterocycles. The summed E-state index contributed by atoms with van der Waals surface area (Å²) in [6, 6.07) is 8.53. The molecule has 2 nitrogen and oxygen atoms in total. The first-order chi connectivity index (χ1) is 8.36. The molecule has 0 aliphatic rings. The lowest BCUT2D eigenvalue weighted by Gasteiger charge is -2.06. The Morgan fingerprint density at radius 1 is 1.47 bits per heavy atom. The van der Waals surface area contributed by atoms with Gasteiger partial charge < -0.3 is 10.1 Å². The van der Waals surface area contributed by atoms with E-state index in [0.29, 0.717) is 0 Å². The van der Waals surface area contributed by atoms with Crippen LogP contribution in [0.25, 0.3) is 0 Å². The molecule has 0 saturated carbocycles. The van der Waals surface area contributed by atoms with Crippen LogP contribution in [-0.4, -0.2) is 26.0 Å². The molecule has 4 heteroatoms. The van der Waals surface area contributed by atoms with Crippen molar-refractivity contribution in [1.82, 2.24) is 5.32 Å². The van der Waals surface area contributed by atoms with E-state index < -0.39 is 0 Å². The van der Waals surface area contributed by atoms with Crippen LogP contribution in [0.4, 0.5) is 0 Å². The van der Waals surface area contributed by atoms with Crippen LogP contribution in [0.5, 0.6) is 0 Å². The molecule has 0 aromatic heterocycles. The van der Waals surface area contributed by atoms with Crippen LogP contribution in [0.3, 0.4) is 0 Å². The summed E-state index contributed by atoms with van der Waals surface area (Å²) in [7, 11) is 1.71. The topological polar surface area (TPSA) is 21.3 Å². The smallest absolute Gasteiger partial charge is 0.0587 e. The van der Waals surface area contributed by atoms with E-state index in [0.717, 1.165) is 25.4 Å². The third-order valence-corrected chi connectivity index (χ3v) is 3.27. The lowest BCUT2D eigenvalue weighted by Crippen LogP contribution is -2.18. The van der Waals surface area contributed by atoms with E-state index in [4.69, 9.17) is 16.3 Å². The highest BCUT2D eigenvalue weighted by molar-refractivity contribution is 7.99. The SMILES string of the molecule is COCCNCc1cccc(SCC=CCl)c1. The maximum atomic E-state index is 5.48. The van der Waals surface area contributed by atoms with Gasteiger partial charge in [0, 0.05) is 36.4 Å². The Morgan fingerprint density at radius 3 is 3.12 bits per heavy atom. The van der Waals surface area contributed by atoms with E-state index in [1.54, 1.807) is 24.4 Å². The van der Waals surface area contributed by atoms with Crippen LogP contribution < -0.4 is 5.32 Å². The highest BCUT2D eigenvalue weighted by Crippen LogP contribution is 2.19. The predicted octanol–water partition coefficient (Wildman–Crippen LogP) is 3.27. The van der Waals surface area contributed by atoms with Gasteiger partial charge in [-0.05, 0) is 17.7 Å². The minimum absolute atomic E-state index is 0.745. The van der Waals surface area contributed by atoms with E-state index in [1.807, 2.05) is 6.08 Å². The van der Waals surface area contributed by atoms with Gasteiger partial charge in [-0.3, -0.25) is 0 Å². The van der Waals surface area contributed by atoms with Crippen LogP contribution in [0.1, 0.15) is 5.56 Å². The second-order valence-electron chi connectivity index (χ2n) is 3.49. The quantitative estimate of drug-likeness (QED) is 0.579. The van der Waals surface area contributed by atoms with Crippen molar-refractivity contribution in [2.75, 3.05) is 26.0 Å². The fraction of sp³-hybridized carbons (Fsp3) is 0.385. The van der Waals surface area contributed by atoms with E-state index in [9.17, 15) is 0 Å². The Bertz CT molecular complexity index is 344. The van der Waals surface area contributed by atoms with Gasteiger partial charge in [0.15, 0.2) is 0 Å². The average molecular weight is 272 g/mol. The van der Waals surface area contributed by atoms with Gasteiger partial charge >= 0.3 is 0 Å². The van der Waals surface area contributed by atoms with Crippen molar-refractivity contribution in [3.63, 3.8) is 0 Å². The second-order valence-corrected chi connectivity index (χ2v) is 4.84. The Hall–Kier alpha value is -0.480. The number of nitrogens with one attached hydrogen (secondary N) is 1. The zero-order chi connectivity index (χ0) is 12.3. The second kappa shape index (κ2) is 9.54. The largest absolute Gasteiger partial charge is 0.383 e. The molecule has 94 valence electrons. The third kappa shape index (κ3) is 6.74. The lowest BCUT2D eigenvalue weighted by molar-refractivity contribution is 0.199. The van der Waals surface area contributed by atoms with Crippen LogP contribution >= 0.6 is 23.4 Å². The monoisotopic (exact) mass is 271 g/mol. The molecule has 0 heterocycles. The number of hydrogen-bond donors (Lipinski definition) is 1. The van der Waals surface area contributed by atoms with Gasteiger partial charge in [-0.25, -0.2) is 0 Å². The fourth-order valence-electron chi connectivity index (χ4n) is 1.33. The summed E-state index contributed by atoms with van der Waals surface area (Å²) in [5, 5.41) is 3.33. The molecule has 0 bridgehead atoms. The Balaban J connectivity index is 2.36. The van der Waals surface area contributed by atoms with Crippen molar-refractivity contribution in [2.24, 2.45) is 0 Å². The third-order valence-electron chi connectivity index (χ3n) is 2.15. The van der Waals surface area contributed by atoms with Gasteiger partial charge in [0.2, 0.25) is 0 Å². The highest BCUT2D eigenvalue weighted by Gasteiger charge is 1.96. The first-order valence-electron chi connectivity index (χ1n) is 5.53.